The van der Waals surface area contributed by atoms with Crippen LogP contribution in [-0.4, -0.2) is 46.3 Å². The van der Waals surface area contributed by atoms with Crippen molar-refractivity contribution >= 4 is 75.4 Å². The number of aliphatic imine (C=N–C) groups is 1. The van der Waals surface area contributed by atoms with E-state index in [2.05, 4.69) is 21.0 Å². The van der Waals surface area contributed by atoms with Crippen LogP contribution in [0, 0.1) is 13.8 Å². The van der Waals surface area contributed by atoms with Gasteiger partial charge in [0.25, 0.3) is 11.8 Å². The third-order valence-corrected chi connectivity index (χ3v) is 10.2. The number of carbonyl (C=O) groups is 2. The number of hydrazine groups is 1. The highest BCUT2D eigenvalue weighted by atomic mass is 35.5. The summed E-state index contributed by atoms with van der Waals surface area (Å²) >= 11 is 26.1. The number of nitrogens with one attached hydrogen (secondary N) is 2. The molecule has 46 heavy (non-hydrogen) atoms. The molecule has 9 nitrogen and oxygen atoms in total. The molecule has 0 bridgehead atoms. The highest BCUT2D eigenvalue weighted by molar-refractivity contribution is 6.43. The predicted molar refractivity (Wildman–Crippen MR) is 182 cm³/mol. The van der Waals surface area contributed by atoms with E-state index in [1.807, 2.05) is 69.3 Å². The van der Waals surface area contributed by atoms with Crippen molar-refractivity contribution in [2.24, 2.45) is 15.2 Å². The Labute approximate surface area is 287 Å². The van der Waals surface area contributed by atoms with Gasteiger partial charge in [0.2, 0.25) is 11.6 Å². The first-order chi connectivity index (χ1) is 21.9. The normalized spacial score (nSPS) is 28.5. The maximum Gasteiger partial charge on any atom is 0.280 e. The Kier molecular flexibility index (Phi) is 8.97. The van der Waals surface area contributed by atoms with Crippen molar-refractivity contribution in [3.8, 4) is 5.75 Å². The zero-order chi connectivity index (χ0) is 32.8. The van der Waals surface area contributed by atoms with Crippen molar-refractivity contribution in [1.82, 2.24) is 10.7 Å². The van der Waals surface area contributed by atoms with Gasteiger partial charge in [-0.25, -0.2) is 5.01 Å². The Morgan fingerprint density at radius 1 is 1.00 bits per heavy atom. The molecule has 2 saturated heterocycles. The summed E-state index contributed by atoms with van der Waals surface area (Å²) in [6.45, 7) is 5.89. The lowest BCUT2D eigenvalue weighted by molar-refractivity contribution is -0.175. The molecule has 5 unspecified atom stereocenters. The van der Waals surface area contributed by atoms with E-state index in [-0.39, 0.29) is 32.9 Å². The average Bonchev–Trinajstić information content (AvgIpc) is 3.30. The van der Waals surface area contributed by atoms with E-state index in [0.29, 0.717) is 42.1 Å². The number of amides is 2. The molecule has 13 heteroatoms. The van der Waals surface area contributed by atoms with E-state index < -0.39 is 29.1 Å². The summed E-state index contributed by atoms with van der Waals surface area (Å²) in [5.41, 5.74) is 4.13. The molecule has 3 aliphatic rings. The number of aryl methyl sites for hydroxylation is 2. The van der Waals surface area contributed by atoms with Crippen LogP contribution in [0.1, 0.15) is 43.7 Å². The molecule has 1 spiro atoms. The number of halogens is 4. The Morgan fingerprint density at radius 2 is 1.72 bits per heavy atom. The van der Waals surface area contributed by atoms with E-state index in [1.165, 1.54) is 17.1 Å². The Morgan fingerprint density at radius 3 is 2.37 bits per heavy atom. The van der Waals surface area contributed by atoms with Crippen LogP contribution < -0.4 is 20.5 Å². The fourth-order valence-electron chi connectivity index (χ4n) is 6.44. The van der Waals surface area contributed by atoms with Gasteiger partial charge >= 0.3 is 0 Å². The van der Waals surface area contributed by atoms with Crippen LogP contribution in [0.5, 0.6) is 5.75 Å². The van der Waals surface area contributed by atoms with Crippen LogP contribution in [0.2, 0.25) is 15.1 Å². The Bertz CT molecular complexity index is 1730. The number of β-lactam (4-membered cyclic amide) rings is 1. The minimum atomic E-state index is -1.14. The van der Waals surface area contributed by atoms with Gasteiger partial charge in [-0.1, -0.05) is 71.6 Å². The number of azo groups is 1. The minimum Gasteiger partial charge on any atom is -0.475 e. The van der Waals surface area contributed by atoms with E-state index >= 15 is 0 Å². The van der Waals surface area contributed by atoms with Crippen molar-refractivity contribution in [2.75, 3.05) is 5.01 Å². The number of anilines is 1. The van der Waals surface area contributed by atoms with Crippen LogP contribution in [0.15, 0.2) is 75.9 Å². The van der Waals surface area contributed by atoms with Crippen molar-refractivity contribution in [1.29, 1.82) is 0 Å². The molecule has 3 fully saturated rings. The van der Waals surface area contributed by atoms with Crippen LogP contribution in [0.25, 0.3) is 0 Å². The molecular weight excluding hydrogens is 670 g/mol. The number of rotatable bonds is 7. The second kappa shape index (κ2) is 12.7. The highest BCUT2D eigenvalue weighted by Gasteiger charge is 2.69. The molecule has 2 heterocycles. The molecule has 6 rings (SSSR count). The van der Waals surface area contributed by atoms with E-state index in [0.717, 1.165) is 11.1 Å². The van der Waals surface area contributed by atoms with Gasteiger partial charge in [-0.15, -0.1) is 11.6 Å². The molecule has 2 aliphatic heterocycles. The molecule has 0 aromatic heterocycles. The van der Waals surface area contributed by atoms with Crippen LogP contribution in [0.4, 0.5) is 11.4 Å². The number of amidine groups is 1. The van der Waals surface area contributed by atoms with Crippen molar-refractivity contribution < 1.29 is 14.3 Å². The Balaban J connectivity index is 1.36. The van der Waals surface area contributed by atoms with Crippen LogP contribution in [0.3, 0.4) is 0 Å². The fraction of sp³-hybridized carbons (Fsp3) is 0.364. The van der Waals surface area contributed by atoms with Crippen molar-refractivity contribution in [3.05, 3.63) is 86.9 Å². The molecule has 5 atom stereocenters. The summed E-state index contributed by atoms with van der Waals surface area (Å²) in [7, 11) is 0. The van der Waals surface area contributed by atoms with Gasteiger partial charge < -0.3 is 10.1 Å². The number of nitrogens with zero attached hydrogens (tertiary/aromatic N) is 4. The maximum absolute atomic E-state index is 13.9. The standard InChI is InChI=1S/C33H32Cl4N6O3/c1-4-33(46-22-7-5-6-19(3)14-22)31(45)39-32(33)13-12-23(35)26(17-32)38-29-27(41-40-21-10-8-18(2)9-11-21)30(44)43(42-29)28-24(36)15-20(34)16-25(28)37/h5-11,14-16,23,26-27H,4,12-13,17H2,1-3H3,(H,38,42)(H,39,45). The molecule has 2 N–H and O–H groups in total. The SMILES string of the molecule is CCC1(Oc2cccc(C)c2)C(=O)NC12CCC(Cl)C(N=C1NN(c3c(Cl)cc(Cl)cc3Cl)C(=O)C1N=Nc1ccc(C)cc1)C2. The summed E-state index contributed by atoms with van der Waals surface area (Å²) in [5.74, 6) is 0.190. The molecule has 2 amide bonds. The third-order valence-electron chi connectivity index (χ3n) is 8.87. The molecule has 3 aromatic rings. The van der Waals surface area contributed by atoms with Gasteiger partial charge in [0, 0.05) is 5.02 Å². The summed E-state index contributed by atoms with van der Waals surface area (Å²) in [6, 6.07) is 16.4. The quantitative estimate of drug-likeness (QED) is 0.148. The van der Waals surface area contributed by atoms with Gasteiger partial charge in [-0.05, 0) is 81.5 Å². The zero-order valence-corrected chi connectivity index (χ0v) is 28.4. The van der Waals surface area contributed by atoms with Gasteiger partial charge in [0.05, 0.1) is 32.7 Å². The van der Waals surface area contributed by atoms with Gasteiger partial charge in [-0.2, -0.15) is 10.2 Å². The highest BCUT2D eigenvalue weighted by Crippen LogP contribution is 2.49. The maximum atomic E-state index is 13.9. The van der Waals surface area contributed by atoms with Crippen LogP contribution in [-0.2, 0) is 9.59 Å². The second-order valence-corrected chi connectivity index (χ2v) is 13.7. The number of ether oxygens (including phenoxy) is 1. The monoisotopic (exact) mass is 700 g/mol. The predicted octanol–water partition coefficient (Wildman–Crippen LogP) is 7.92. The third kappa shape index (κ3) is 5.83. The lowest BCUT2D eigenvalue weighted by atomic mass is 9.61. The topological polar surface area (TPSA) is 108 Å². The molecule has 1 saturated carbocycles. The minimum absolute atomic E-state index is 0.166. The van der Waals surface area contributed by atoms with Crippen molar-refractivity contribution in [2.45, 2.75) is 75.1 Å². The molecular formula is C33H32Cl4N6O3. The number of hydrogen-bond donors (Lipinski definition) is 2. The van der Waals surface area contributed by atoms with Crippen molar-refractivity contribution in [3.63, 3.8) is 0 Å². The summed E-state index contributed by atoms with van der Waals surface area (Å²) < 4.78 is 6.52. The first kappa shape index (κ1) is 32.6. The lowest BCUT2D eigenvalue weighted by Crippen LogP contribution is -2.84. The zero-order valence-electron chi connectivity index (χ0n) is 25.4. The van der Waals surface area contributed by atoms with E-state index in [1.54, 1.807) is 0 Å². The first-order valence-electron chi connectivity index (χ1n) is 15.0. The van der Waals surface area contributed by atoms with E-state index in [4.69, 9.17) is 56.1 Å². The Hall–Kier alpha value is -3.37. The second-order valence-electron chi connectivity index (χ2n) is 11.9. The first-order valence-corrected chi connectivity index (χ1v) is 16.5. The largest absolute Gasteiger partial charge is 0.475 e. The fourth-order valence-corrected chi connectivity index (χ4v) is 7.68. The van der Waals surface area contributed by atoms with Gasteiger partial charge in [0.15, 0.2) is 5.84 Å². The molecule has 240 valence electrons. The lowest BCUT2D eigenvalue weighted by Gasteiger charge is -2.60. The summed E-state index contributed by atoms with van der Waals surface area (Å²) in [4.78, 5) is 32.2. The summed E-state index contributed by atoms with van der Waals surface area (Å²) in [5, 5.41) is 13.4. The number of carbonyl (C=O) groups excluding carboxylic acids is 2. The smallest absolute Gasteiger partial charge is 0.280 e. The summed E-state index contributed by atoms with van der Waals surface area (Å²) in [6.07, 6.45) is 2.01. The molecule has 1 aliphatic carbocycles. The number of alkyl halides is 1. The number of benzene rings is 3. The van der Waals surface area contributed by atoms with Gasteiger partial charge in [0.1, 0.15) is 11.4 Å². The van der Waals surface area contributed by atoms with E-state index in [9.17, 15) is 9.59 Å². The van der Waals surface area contributed by atoms with Crippen LogP contribution >= 0.6 is 46.4 Å². The van der Waals surface area contributed by atoms with Gasteiger partial charge in [-0.3, -0.25) is 20.0 Å². The average molecular weight is 702 g/mol. The number of hydrogen-bond acceptors (Lipinski definition) is 6. The molecule has 3 aromatic carbocycles. The molecule has 0 radical (unpaired) electrons.